The molecule has 1 aliphatic carbocycles. The molecule has 0 radical (unpaired) electrons. The van der Waals surface area contributed by atoms with Gasteiger partial charge in [0, 0.05) is 37.8 Å². The summed E-state index contributed by atoms with van der Waals surface area (Å²) in [5, 5.41) is 0. The van der Waals surface area contributed by atoms with Gasteiger partial charge in [0.25, 0.3) is 0 Å². The molecule has 29 heavy (non-hydrogen) atoms. The first-order valence-corrected chi connectivity index (χ1v) is 10.4. The lowest BCUT2D eigenvalue weighted by Gasteiger charge is -2.42. The summed E-state index contributed by atoms with van der Waals surface area (Å²) in [7, 11) is 4.70. The molecule has 6 nitrogen and oxygen atoms in total. The molecule has 7 heteroatoms. The molecule has 0 amide bonds. The molecule has 1 unspecified atom stereocenters. The number of halogens is 1. The number of carbonyl (C=O) groups excluding carboxylic acids is 1. The summed E-state index contributed by atoms with van der Waals surface area (Å²) < 4.78 is 16.2. The summed E-state index contributed by atoms with van der Waals surface area (Å²) in [6.07, 6.45) is 6.78. The Hall–Kier alpha value is -1.50. The third kappa shape index (κ3) is 5.36. The van der Waals surface area contributed by atoms with E-state index in [1.54, 1.807) is 33.5 Å². The number of hydrogen-bond donors (Lipinski definition) is 0. The molecule has 3 rings (SSSR count). The number of carbonyl (C=O) groups is 1. The van der Waals surface area contributed by atoms with Gasteiger partial charge in [-0.05, 0) is 31.9 Å². The van der Waals surface area contributed by atoms with Crippen LogP contribution in [0.2, 0.25) is 0 Å². The molecule has 1 saturated heterocycles. The number of benzene rings is 1. The van der Waals surface area contributed by atoms with Crippen molar-refractivity contribution in [3.05, 3.63) is 17.7 Å². The molecule has 0 spiro atoms. The summed E-state index contributed by atoms with van der Waals surface area (Å²) in [5.74, 6) is 1.62. The molecule has 1 aliphatic heterocycles. The minimum Gasteiger partial charge on any atom is -0.493 e. The molecular weight excluding hydrogens is 392 g/mol. The van der Waals surface area contributed by atoms with E-state index in [9.17, 15) is 4.79 Å². The monoisotopic (exact) mass is 426 g/mol. The summed E-state index contributed by atoms with van der Waals surface area (Å²) in [5.41, 5.74) is 0.594. The first-order chi connectivity index (χ1) is 13.6. The van der Waals surface area contributed by atoms with Gasteiger partial charge < -0.3 is 14.2 Å². The summed E-state index contributed by atoms with van der Waals surface area (Å²) in [6, 6.07) is 4.07. The van der Waals surface area contributed by atoms with Crippen LogP contribution < -0.4 is 14.2 Å². The van der Waals surface area contributed by atoms with Crippen LogP contribution >= 0.6 is 12.4 Å². The maximum Gasteiger partial charge on any atom is 0.203 e. The van der Waals surface area contributed by atoms with E-state index < -0.39 is 0 Å². The molecule has 2 fully saturated rings. The molecule has 0 N–H and O–H groups in total. The van der Waals surface area contributed by atoms with Crippen LogP contribution in [0.1, 0.15) is 49.4 Å². The summed E-state index contributed by atoms with van der Waals surface area (Å²) in [6.45, 7) is 5.98. The van der Waals surface area contributed by atoms with Crippen LogP contribution in [0.4, 0.5) is 0 Å². The largest absolute Gasteiger partial charge is 0.493 e. The van der Waals surface area contributed by atoms with Crippen molar-refractivity contribution in [1.29, 1.82) is 0 Å². The van der Waals surface area contributed by atoms with Crippen LogP contribution in [0.25, 0.3) is 0 Å². The Morgan fingerprint density at radius 2 is 1.48 bits per heavy atom. The van der Waals surface area contributed by atoms with Crippen LogP contribution in [0.15, 0.2) is 12.1 Å². The highest BCUT2D eigenvalue weighted by Crippen LogP contribution is 2.38. The Bertz CT molecular complexity index is 646. The van der Waals surface area contributed by atoms with Gasteiger partial charge in [-0.2, -0.15) is 0 Å². The van der Waals surface area contributed by atoms with E-state index in [4.69, 9.17) is 14.2 Å². The van der Waals surface area contributed by atoms with Gasteiger partial charge in [-0.1, -0.05) is 19.3 Å². The van der Waals surface area contributed by atoms with E-state index in [-0.39, 0.29) is 24.2 Å². The van der Waals surface area contributed by atoms with Gasteiger partial charge in [-0.3, -0.25) is 14.6 Å². The Labute approximate surface area is 180 Å². The van der Waals surface area contributed by atoms with Crippen LogP contribution in [0, 0.1) is 0 Å². The maximum atomic E-state index is 13.2. The molecule has 1 atom stereocenters. The van der Waals surface area contributed by atoms with Crippen molar-refractivity contribution in [2.24, 2.45) is 0 Å². The molecule has 0 aromatic heterocycles. The minimum absolute atomic E-state index is 0. The third-order valence-electron chi connectivity index (χ3n) is 6.32. The second-order valence-electron chi connectivity index (χ2n) is 7.82. The second-order valence-corrected chi connectivity index (χ2v) is 7.82. The molecule has 0 bridgehead atoms. The zero-order valence-electron chi connectivity index (χ0n) is 18.1. The van der Waals surface area contributed by atoms with Crippen LogP contribution in [0.3, 0.4) is 0 Å². The van der Waals surface area contributed by atoms with E-state index in [2.05, 4.69) is 9.80 Å². The zero-order chi connectivity index (χ0) is 20.1. The maximum absolute atomic E-state index is 13.2. The predicted octanol–water partition coefficient (Wildman–Crippen LogP) is 3.66. The Morgan fingerprint density at radius 1 is 0.931 bits per heavy atom. The number of piperazine rings is 1. The SMILES string of the molecule is COc1cc(C(=O)C(C)N2CCN(C3CCCCC3)CC2)cc(OC)c1OC.Cl. The van der Waals surface area contributed by atoms with Gasteiger partial charge in [0.05, 0.1) is 27.4 Å². The summed E-state index contributed by atoms with van der Waals surface area (Å²) >= 11 is 0. The molecule has 1 saturated carbocycles. The van der Waals surface area contributed by atoms with Crippen molar-refractivity contribution in [2.45, 2.75) is 51.1 Å². The van der Waals surface area contributed by atoms with Gasteiger partial charge in [0.15, 0.2) is 17.3 Å². The Balaban J connectivity index is 0.00000300. The Kier molecular flexibility index (Phi) is 9.05. The van der Waals surface area contributed by atoms with Crippen molar-refractivity contribution in [2.75, 3.05) is 47.5 Å². The highest BCUT2D eigenvalue weighted by Gasteiger charge is 2.30. The van der Waals surface area contributed by atoms with Gasteiger partial charge in [0.2, 0.25) is 5.75 Å². The smallest absolute Gasteiger partial charge is 0.203 e. The van der Waals surface area contributed by atoms with Crippen LogP contribution in [-0.2, 0) is 0 Å². The highest BCUT2D eigenvalue weighted by molar-refractivity contribution is 6.01. The number of ketones is 1. The van der Waals surface area contributed by atoms with Gasteiger partial charge in [-0.15, -0.1) is 12.4 Å². The average molecular weight is 427 g/mol. The fourth-order valence-corrected chi connectivity index (χ4v) is 4.57. The van der Waals surface area contributed by atoms with Crippen molar-refractivity contribution in [3.8, 4) is 17.2 Å². The lowest BCUT2D eigenvalue weighted by Crippen LogP contribution is -2.54. The van der Waals surface area contributed by atoms with Gasteiger partial charge in [0.1, 0.15) is 0 Å². The average Bonchev–Trinajstić information content (AvgIpc) is 2.77. The topological polar surface area (TPSA) is 51.2 Å². The van der Waals surface area contributed by atoms with Crippen molar-refractivity contribution >= 4 is 18.2 Å². The molecule has 1 aromatic carbocycles. The van der Waals surface area contributed by atoms with Crippen molar-refractivity contribution in [3.63, 3.8) is 0 Å². The van der Waals surface area contributed by atoms with Gasteiger partial charge >= 0.3 is 0 Å². The standard InChI is InChI=1S/C22H34N2O4.ClH/c1-16(23-10-12-24(13-11-23)18-8-6-5-7-9-18)21(25)17-14-19(26-2)22(28-4)20(15-17)27-3;/h14-16,18H,5-13H2,1-4H3;1H. The first-order valence-electron chi connectivity index (χ1n) is 10.4. The zero-order valence-corrected chi connectivity index (χ0v) is 18.9. The van der Waals surface area contributed by atoms with Crippen LogP contribution in [0.5, 0.6) is 17.2 Å². The molecule has 2 aliphatic rings. The van der Waals surface area contributed by atoms with Crippen LogP contribution in [-0.4, -0.2) is 75.2 Å². The number of Topliss-reactive ketones (excluding diaryl/α,β-unsaturated/α-hetero) is 1. The number of hydrogen-bond acceptors (Lipinski definition) is 6. The molecule has 1 aromatic rings. The van der Waals surface area contributed by atoms with E-state index in [1.807, 2.05) is 6.92 Å². The van der Waals surface area contributed by atoms with E-state index in [0.29, 0.717) is 22.8 Å². The van der Waals surface area contributed by atoms with Crippen molar-refractivity contribution in [1.82, 2.24) is 9.80 Å². The fraction of sp³-hybridized carbons (Fsp3) is 0.682. The lowest BCUT2D eigenvalue weighted by molar-refractivity contribution is 0.0523. The minimum atomic E-state index is -0.170. The van der Waals surface area contributed by atoms with Gasteiger partial charge in [-0.25, -0.2) is 0 Å². The molecule has 1 heterocycles. The number of rotatable bonds is 7. The number of ether oxygens (including phenoxy) is 3. The first kappa shape index (κ1) is 23.8. The molecular formula is C22H35ClN2O4. The van der Waals surface area contributed by atoms with E-state index in [1.165, 1.54) is 32.1 Å². The number of nitrogens with zero attached hydrogens (tertiary/aromatic N) is 2. The highest BCUT2D eigenvalue weighted by atomic mass is 35.5. The van der Waals surface area contributed by atoms with Crippen molar-refractivity contribution < 1.29 is 19.0 Å². The Morgan fingerprint density at radius 3 is 1.97 bits per heavy atom. The quantitative estimate of drug-likeness (QED) is 0.620. The predicted molar refractivity (Wildman–Crippen MR) is 117 cm³/mol. The molecule has 164 valence electrons. The summed E-state index contributed by atoms with van der Waals surface area (Å²) in [4.78, 5) is 18.1. The van der Waals surface area contributed by atoms with E-state index >= 15 is 0 Å². The normalized spacial score (nSPS) is 19.9. The lowest BCUT2D eigenvalue weighted by atomic mass is 9.93. The fourth-order valence-electron chi connectivity index (χ4n) is 4.57. The second kappa shape index (κ2) is 11.0. The van der Waals surface area contributed by atoms with E-state index in [0.717, 1.165) is 32.2 Å². The number of methoxy groups -OCH3 is 3. The third-order valence-corrected chi connectivity index (χ3v) is 6.32.